The molecule has 0 atom stereocenters. The number of hydrogen-bond donors (Lipinski definition) is 0. The molecule has 1 nitrogen and oxygen atoms in total. The number of nitrogens with zero attached hydrogens (tertiary/aromatic N) is 1. The summed E-state index contributed by atoms with van der Waals surface area (Å²) in [7, 11) is 0. The van der Waals surface area contributed by atoms with E-state index in [1.54, 1.807) is 0 Å². The van der Waals surface area contributed by atoms with Gasteiger partial charge in [-0.25, -0.2) is 0 Å². The molecule has 0 aliphatic heterocycles. The van der Waals surface area contributed by atoms with Crippen LogP contribution in [0.1, 0.15) is 4.88 Å². The van der Waals surface area contributed by atoms with Gasteiger partial charge in [-0.2, -0.15) is 0 Å². The lowest BCUT2D eigenvalue weighted by Crippen LogP contribution is -1.70. The van der Waals surface area contributed by atoms with Crippen molar-refractivity contribution < 1.29 is 0 Å². The molecule has 70 valence electrons. The van der Waals surface area contributed by atoms with Gasteiger partial charge >= 0.3 is 0 Å². The van der Waals surface area contributed by atoms with Gasteiger partial charge in [-0.05, 0) is 24.3 Å². The Morgan fingerprint density at radius 1 is 1.07 bits per heavy atom. The summed E-state index contributed by atoms with van der Waals surface area (Å²) in [6.07, 6.45) is 1.83. The molecule has 0 fully saturated rings. The van der Waals surface area contributed by atoms with Crippen LogP contribution in [0.4, 0.5) is 5.69 Å². The Morgan fingerprint density at radius 2 is 1.86 bits per heavy atom. The third-order valence-electron chi connectivity index (χ3n) is 1.69. The highest BCUT2D eigenvalue weighted by Crippen LogP contribution is 2.20. The fourth-order valence-electron chi connectivity index (χ4n) is 1.05. The van der Waals surface area contributed by atoms with Crippen molar-refractivity contribution in [3.63, 3.8) is 0 Å². The summed E-state index contributed by atoms with van der Waals surface area (Å²) in [6.45, 7) is 0. The van der Waals surface area contributed by atoms with E-state index >= 15 is 0 Å². The third-order valence-corrected chi connectivity index (χ3v) is 2.86. The van der Waals surface area contributed by atoms with Crippen molar-refractivity contribution >= 4 is 34.8 Å². The fraction of sp³-hybridized carbons (Fsp3) is 0. The van der Waals surface area contributed by atoms with Gasteiger partial charge in [0, 0.05) is 11.1 Å². The third kappa shape index (κ3) is 2.44. The Balaban J connectivity index is 2.15. The summed E-state index contributed by atoms with van der Waals surface area (Å²) in [4.78, 5) is 5.38. The van der Waals surface area contributed by atoms with Gasteiger partial charge in [-0.15, -0.1) is 11.3 Å². The predicted octanol–water partition coefficient (Wildman–Crippen LogP) is 4.15. The summed E-state index contributed by atoms with van der Waals surface area (Å²) in [5.74, 6) is 0. The smallest absolute Gasteiger partial charge is 0.0935 e. The number of halogens is 1. The number of benzene rings is 1. The Kier molecular flexibility index (Phi) is 2.96. The fourth-order valence-corrected chi connectivity index (χ4v) is 1.98. The zero-order chi connectivity index (χ0) is 9.80. The molecule has 0 unspecified atom stereocenters. The second-order valence-corrected chi connectivity index (χ2v) is 4.48. The molecule has 0 bridgehead atoms. The van der Waals surface area contributed by atoms with E-state index in [0.29, 0.717) is 0 Å². The van der Waals surface area contributed by atoms with Crippen LogP contribution < -0.4 is 0 Å². The van der Waals surface area contributed by atoms with Gasteiger partial charge < -0.3 is 0 Å². The number of rotatable bonds is 2. The molecule has 0 aliphatic rings. The SMILES string of the molecule is Clc1ccc(C=Nc2ccccc2)s1. The molecule has 0 radical (unpaired) electrons. The van der Waals surface area contributed by atoms with Crippen LogP contribution >= 0.6 is 22.9 Å². The first-order valence-corrected chi connectivity index (χ1v) is 5.38. The van der Waals surface area contributed by atoms with Crippen LogP contribution in [0.3, 0.4) is 0 Å². The lowest BCUT2D eigenvalue weighted by molar-refractivity contribution is 1.54. The van der Waals surface area contributed by atoms with Gasteiger partial charge in [-0.1, -0.05) is 29.8 Å². The van der Waals surface area contributed by atoms with Crippen molar-refractivity contribution in [3.05, 3.63) is 51.7 Å². The minimum atomic E-state index is 0.791. The van der Waals surface area contributed by atoms with Crippen LogP contribution in [-0.4, -0.2) is 6.21 Å². The maximum atomic E-state index is 5.80. The number of aliphatic imine (C=N–C) groups is 1. The molecular formula is C11H8ClNS. The number of thiophene rings is 1. The van der Waals surface area contributed by atoms with E-state index < -0.39 is 0 Å². The van der Waals surface area contributed by atoms with Crippen molar-refractivity contribution in [3.8, 4) is 0 Å². The zero-order valence-corrected chi connectivity index (χ0v) is 8.92. The molecular weight excluding hydrogens is 214 g/mol. The van der Waals surface area contributed by atoms with Crippen molar-refractivity contribution in [2.24, 2.45) is 4.99 Å². The number of hydrogen-bond acceptors (Lipinski definition) is 2. The Hall–Kier alpha value is -1.12. The Bertz CT molecular complexity index is 434. The first-order chi connectivity index (χ1) is 6.84. The van der Waals surface area contributed by atoms with Gasteiger partial charge in [0.25, 0.3) is 0 Å². The first-order valence-electron chi connectivity index (χ1n) is 4.19. The molecule has 0 spiro atoms. The predicted molar refractivity (Wildman–Crippen MR) is 63.0 cm³/mol. The molecule has 0 amide bonds. The van der Waals surface area contributed by atoms with Crippen LogP contribution in [-0.2, 0) is 0 Å². The summed E-state index contributed by atoms with van der Waals surface area (Å²) in [5.41, 5.74) is 0.956. The van der Waals surface area contributed by atoms with Gasteiger partial charge in [0.2, 0.25) is 0 Å². The molecule has 1 aromatic carbocycles. The van der Waals surface area contributed by atoms with E-state index in [2.05, 4.69) is 4.99 Å². The second kappa shape index (κ2) is 4.40. The standard InChI is InChI=1S/C11H8ClNS/c12-11-7-6-10(14-11)8-13-9-4-2-1-3-5-9/h1-8H. The van der Waals surface area contributed by atoms with Crippen LogP contribution in [0, 0.1) is 0 Å². The van der Waals surface area contributed by atoms with E-state index in [1.165, 1.54) is 11.3 Å². The quantitative estimate of drug-likeness (QED) is 0.676. The minimum absolute atomic E-state index is 0.791. The van der Waals surface area contributed by atoms with E-state index in [4.69, 9.17) is 11.6 Å². The Labute approximate surface area is 91.7 Å². The second-order valence-electron chi connectivity index (χ2n) is 2.74. The molecule has 2 rings (SSSR count). The summed E-state index contributed by atoms with van der Waals surface area (Å²) >= 11 is 7.32. The highest BCUT2D eigenvalue weighted by molar-refractivity contribution is 7.17. The van der Waals surface area contributed by atoms with Gasteiger partial charge in [-0.3, -0.25) is 4.99 Å². The highest BCUT2D eigenvalue weighted by atomic mass is 35.5. The maximum Gasteiger partial charge on any atom is 0.0935 e. The monoisotopic (exact) mass is 221 g/mol. The average molecular weight is 222 g/mol. The first kappa shape index (κ1) is 9.44. The van der Waals surface area contributed by atoms with Crippen LogP contribution in [0.15, 0.2) is 47.5 Å². The molecule has 0 aliphatic carbocycles. The van der Waals surface area contributed by atoms with Crippen LogP contribution in [0.2, 0.25) is 4.34 Å². The molecule has 0 saturated heterocycles. The van der Waals surface area contributed by atoms with Gasteiger partial charge in [0.05, 0.1) is 10.0 Å². The van der Waals surface area contributed by atoms with Crippen molar-refractivity contribution in [1.82, 2.24) is 0 Å². The summed E-state index contributed by atoms with van der Waals surface area (Å²) in [6, 6.07) is 13.7. The zero-order valence-electron chi connectivity index (χ0n) is 7.35. The molecule has 0 N–H and O–H groups in total. The molecule has 1 aromatic heterocycles. The van der Waals surface area contributed by atoms with E-state index in [9.17, 15) is 0 Å². The van der Waals surface area contributed by atoms with Crippen molar-refractivity contribution in [2.75, 3.05) is 0 Å². The maximum absolute atomic E-state index is 5.80. The summed E-state index contributed by atoms with van der Waals surface area (Å²) < 4.78 is 0.791. The van der Waals surface area contributed by atoms with Gasteiger partial charge in [0.1, 0.15) is 0 Å². The van der Waals surface area contributed by atoms with Crippen LogP contribution in [0.5, 0.6) is 0 Å². The van der Waals surface area contributed by atoms with Crippen molar-refractivity contribution in [2.45, 2.75) is 0 Å². The lowest BCUT2D eigenvalue weighted by atomic mass is 10.3. The highest BCUT2D eigenvalue weighted by Gasteiger charge is 1.93. The van der Waals surface area contributed by atoms with E-state index in [0.717, 1.165) is 14.9 Å². The average Bonchev–Trinajstić information content (AvgIpc) is 2.63. The molecule has 3 heteroatoms. The lowest BCUT2D eigenvalue weighted by Gasteiger charge is -1.89. The normalized spacial score (nSPS) is 10.9. The van der Waals surface area contributed by atoms with Crippen LogP contribution in [0.25, 0.3) is 0 Å². The number of para-hydroxylation sites is 1. The molecule has 2 aromatic rings. The van der Waals surface area contributed by atoms with Gasteiger partial charge in [0.15, 0.2) is 0 Å². The largest absolute Gasteiger partial charge is 0.255 e. The van der Waals surface area contributed by atoms with E-state index in [-0.39, 0.29) is 0 Å². The molecule has 14 heavy (non-hydrogen) atoms. The van der Waals surface area contributed by atoms with Crippen molar-refractivity contribution in [1.29, 1.82) is 0 Å². The minimum Gasteiger partial charge on any atom is -0.255 e. The Morgan fingerprint density at radius 3 is 2.50 bits per heavy atom. The topological polar surface area (TPSA) is 12.4 Å². The molecule has 1 heterocycles. The molecule has 0 saturated carbocycles. The van der Waals surface area contributed by atoms with E-state index in [1.807, 2.05) is 48.7 Å². The summed E-state index contributed by atoms with van der Waals surface area (Å²) in [5, 5.41) is 0.